The number of hydrogen-bond donors (Lipinski definition) is 0. The minimum Gasteiger partial charge on any atom is -0.493 e. The predicted octanol–water partition coefficient (Wildman–Crippen LogP) is 3.57. The number of carbonyl (C=O) groups excluding carboxylic acids is 1. The van der Waals surface area contributed by atoms with Gasteiger partial charge < -0.3 is 9.47 Å². The Kier molecular flexibility index (Phi) is 6.93. The number of Topliss-reactive ketones (excluding diaryl/α,β-unsaturated/α-hetero) is 1. The Balaban J connectivity index is 1.93. The van der Waals surface area contributed by atoms with E-state index in [0.717, 1.165) is 9.87 Å². The Labute approximate surface area is 190 Å². The molecule has 1 heterocycles. The van der Waals surface area contributed by atoms with Crippen molar-refractivity contribution in [2.75, 3.05) is 28.3 Å². The summed E-state index contributed by atoms with van der Waals surface area (Å²) in [7, 11) is 2.18. The van der Waals surface area contributed by atoms with Gasteiger partial charge in [-0.25, -0.2) is 17.7 Å². The number of hydrogen-bond acceptors (Lipinski definition) is 8. The van der Waals surface area contributed by atoms with Gasteiger partial charge in [-0.3, -0.25) is 4.79 Å². The highest BCUT2D eigenvalue weighted by atomic mass is 32.2. The van der Waals surface area contributed by atoms with Gasteiger partial charge in [0.05, 0.1) is 30.9 Å². The van der Waals surface area contributed by atoms with Gasteiger partial charge in [-0.15, -0.1) is 11.3 Å². The zero-order chi connectivity index (χ0) is 23.5. The topological polar surface area (TPSA) is 110 Å². The first-order chi connectivity index (χ1) is 15.2. The van der Waals surface area contributed by atoms with Crippen LogP contribution in [-0.2, 0) is 10.0 Å². The minimum atomic E-state index is -3.71. The summed E-state index contributed by atoms with van der Waals surface area (Å²) in [5, 5.41) is 11.8. The lowest BCUT2D eigenvalue weighted by atomic mass is 9.99. The van der Waals surface area contributed by atoms with Crippen LogP contribution in [0, 0.1) is 11.3 Å². The van der Waals surface area contributed by atoms with Gasteiger partial charge >= 0.3 is 0 Å². The van der Waals surface area contributed by atoms with Gasteiger partial charge in [0.25, 0.3) is 0 Å². The lowest BCUT2D eigenvalue weighted by Gasteiger charge is -2.12. The molecule has 3 aromatic rings. The summed E-state index contributed by atoms with van der Waals surface area (Å²) >= 11 is 1.19. The zero-order valence-corrected chi connectivity index (χ0v) is 19.5. The van der Waals surface area contributed by atoms with Crippen molar-refractivity contribution in [1.82, 2.24) is 9.29 Å². The first-order valence-electron chi connectivity index (χ1n) is 9.37. The van der Waals surface area contributed by atoms with Crippen LogP contribution < -0.4 is 9.47 Å². The molecule has 1 atom stereocenters. The van der Waals surface area contributed by atoms with E-state index in [2.05, 4.69) is 4.98 Å². The highest BCUT2D eigenvalue weighted by Gasteiger charge is 2.27. The van der Waals surface area contributed by atoms with Crippen LogP contribution in [0.5, 0.6) is 11.5 Å². The van der Waals surface area contributed by atoms with Gasteiger partial charge in [0.1, 0.15) is 5.01 Å². The third-order valence-corrected chi connectivity index (χ3v) is 7.46. The molecule has 0 N–H and O–H groups in total. The summed E-state index contributed by atoms with van der Waals surface area (Å²) in [6.07, 6.45) is 0. The van der Waals surface area contributed by atoms with Gasteiger partial charge in [0.15, 0.2) is 23.2 Å². The van der Waals surface area contributed by atoms with E-state index in [-0.39, 0.29) is 10.5 Å². The molecule has 0 fully saturated rings. The highest BCUT2D eigenvalue weighted by Crippen LogP contribution is 2.34. The number of ketones is 1. The third-order valence-electron chi connectivity index (χ3n) is 4.74. The van der Waals surface area contributed by atoms with Gasteiger partial charge in [-0.05, 0) is 30.3 Å². The van der Waals surface area contributed by atoms with Crippen molar-refractivity contribution in [3.8, 4) is 28.8 Å². The first-order valence-corrected chi connectivity index (χ1v) is 11.7. The Morgan fingerprint density at radius 2 is 1.84 bits per heavy atom. The van der Waals surface area contributed by atoms with Crippen molar-refractivity contribution in [3.05, 3.63) is 58.4 Å². The molecule has 0 bridgehead atoms. The molecule has 0 aliphatic rings. The summed E-state index contributed by atoms with van der Waals surface area (Å²) in [6.45, 7) is 0. The maximum atomic E-state index is 13.1. The second-order valence-electron chi connectivity index (χ2n) is 6.88. The predicted molar refractivity (Wildman–Crippen MR) is 121 cm³/mol. The average molecular weight is 472 g/mol. The van der Waals surface area contributed by atoms with E-state index in [1.54, 1.807) is 30.7 Å². The van der Waals surface area contributed by atoms with Crippen LogP contribution in [0.25, 0.3) is 11.3 Å². The molecule has 0 aliphatic carbocycles. The molecule has 0 saturated heterocycles. The van der Waals surface area contributed by atoms with Gasteiger partial charge in [-0.2, -0.15) is 5.26 Å². The third kappa shape index (κ3) is 4.50. The number of methoxy groups -OCH3 is 2. The van der Waals surface area contributed by atoms with Crippen LogP contribution in [0.15, 0.2) is 52.7 Å². The maximum absolute atomic E-state index is 13.1. The minimum absolute atomic E-state index is 0.0183. The summed E-state index contributed by atoms with van der Waals surface area (Å²) in [5.41, 5.74) is 1.46. The second kappa shape index (κ2) is 9.48. The van der Waals surface area contributed by atoms with E-state index in [4.69, 9.17) is 9.47 Å². The molecule has 3 rings (SSSR count). The SMILES string of the molecule is COc1ccc(-c2csc([C@@H](C#N)C(=O)c3cccc(S(=O)(=O)N(C)C)c3)n2)cc1OC. The van der Waals surface area contributed by atoms with E-state index < -0.39 is 21.7 Å². The molecule has 0 radical (unpaired) electrons. The Bertz CT molecular complexity index is 1290. The molecule has 1 aromatic heterocycles. The molecule has 0 aliphatic heterocycles. The average Bonchev–Trinajstić information content (AvgIpc) is 3.28. The molecule has 0 unspecified atom stereocenters. The fourth-order valence-corrected chi connectivity index (χ4v) is 4.78. The molecular formula is C22H21N3O5S2. The fourth-order valence-electron chi connectivity index (χ4n) is 2.96. The van der Waals surface area contributed by atoms with E-state index in [1.807, 2.05) is 6.07 Å². The lowest BCUT2D eigenvalue weighted by Crippen LogP contribution is -2.22. The Hall–Kier alpha value is -3.26. The van der Waals surface area contributed by atoms with E-state index in [9.17, 15) is 18.5 Å². The molecule has 10 heteroatoms. The van der Waals surface area contributed by atoms with Crippen molar-refractivity contribution in [2.45, 2.75) is 10.8 Å². The van der Waals surface area contributed by atoms with Crippen molar-refractivity contribution in [3.63, 3.8) is 0 Å². The number of thiazole rings is 1. The molecule has 2 aromatic carbocycles. The number of ether oxygens (including phenoxy) is 2. The Morgan fingerprint density at radius 3 is 2.47 bits per heavy atom. The summed E-state index contributed by atoms with van der Waals surface area (Å²) in [6, 6.07) is 13.0. The molecular weight excluding hydrogens is 450 g/mol. The van der Waals surface area contributed by atoms with Gasteiger partial charge in [0.2, 0.25) is 10.0 Å². The first kappa shape index (κ1) is 23.4. The monoisotopic (exact) mass is 471 g/mol. The smallest absolute Gasteiger partial charge is 0.242 e. The van der Waals surface area contributed by atoms with E-state index >= 15 is 0 Å². The molecule has 0 spiro atoms. The maximum Gasteiger partial charge on any atom is 0.242 e. The number of carbonyl (C=O) groups is 1. The lowest BCUT2D eigenvalue weighted by molar-refractivity contribution is 0.0978. The van der Waals surface area contributed by atoms with Crippen LogP contribution in [0.1, 0.15) is 21.3 Å². The van der Waals surface area contributed by atoms with Crippen LogP contribution in [0.3, 0.4) is 0 Å². The summed E-state index contributed by atoms with van der Waals surface area (Å²) in [4.78, 5) is 17.5. The number of nitrogens with zero attached hydrogens (tertiary/aromatic N) is 3. The van der Waals surface area contributed by atoms with Crippen LogP contribution in [0.4, 0.5) is 0 Å². The Morgan fingerprint density at radius 1 is 1.12 bits per heavy atom. The van der Waals surface area contributed by atoms with Gasteiger partial charge in [0, 0.05) is 30.6 Å². The largest absolute Gasteiger partial charge is 0.493 e. The molecule has 32 heavy (non-hydrogen) atoms. The molecule has 0 saturated carbocycles. The quantitative estimate of drug-likeness (QED) is 0.462. The van der Waals surface area contributed by atoms with Crippen molar-refractivity contribution >= 4 is 27.1 Å². The molecule has 166 valence electrons. The second-order valence-corrected chi connectivity index (χ2v) is 9.92. The fraction of sp³-hybridized carbons (Fsp3) is 0.227. The summed E-state index contributed by atoms with van der Waals surface area (Å²) < 4.78 is 36.4. The molecule has 0 amide bonds. The van der Waals surface area contributed by atoms with Crippen molar-refractivity contribution in [1.29, 1.82) is 5.26 Å². The van der Waals surface area contributed by atoms with E-state index in [1.165, 1.54) is 56.8 Å². The number of nitriles is 1. The van der Waals surface area contributed by atoms with Gasteiger partial charge in [-0.1, -0.05) is 12.1 Å². The standard InChI is InChI=1S/C22H21N3O5S2/c1-25(2)32(27,28)16-7-5-6-15(10-16)21(26)17(12-23)22-24-18(13-31-22)14-8-9-19(29-3)20(11-14)30-4/h5-11,13,17H,1-4H3/t17-/m0/s1. The van der Waals surface area contributed by atoms with Crippen LogP contribution >= 0.6 is 11.3 Å². The zero-order valence-electron chi connectivity index (χ0n) is 17.9. The molecule has 8 nitrogen and oxygen atoms in total. The van der Waals surface area contributed by atoms with Crippen LogP contribution in [0.2, 0.25) is 0 Å². The van der Waals surface area contributed by atoms with Crippen LogP contribution in [-0.4, -0.2) is 51.8 Å². The number of aromatic nitrogens is 1. The number of rotatable bonds is 8. The van der Waals surface area contributed by atoms with E-state index in [0.29, 0.717) is 22.2 Å². The van der Waals surface area contributed by atoms with Crippen molar-refractivity contribution in [2.24, 2.45) is 0 Å². The summed E-state index contributed by atoms with van der Waals surface area (Å²) in [5.74, 6) is -0.571. The number of benzene rings is 2. The normalized spacial score (nSPS) is 12.2. The highest BCUT2D eigenvalue weighted by molar-refractivity contribution is 7.89. The van der Waals surface area contributed by atoms with Crippen molar-refractivity contribution < 1.29 is 22.7 Å². The number of sulfonamides is 1.